The fraction of sp³-hybridized carbons (Fsp3) is 0.769. The van der Waals surface area contributed by atoms with Crippen molar-refractivity contribution >= 4 is 5.91 Å². The average Bonchev–Trinajstić information content (AvgIpc) is 2.81. The predicted octanol–water partition coefficient (Wildman–Crippen LogP) is 2.01. The van der Waals surface area contributed by atoms with E-state index in [0.717, 1.165) is 6.42 Å². The summed E-state index contributed by atoms with van der Waals surface area (Å²) in [6.07, 6.45) is -0.917. The number of carbonyl (C=O) groups is 1. The molecule has 3 rings (SSSR count). The van der Waals surface area contributed by atoms with E-state index in [1.165, 1.54) is 15.9 Å². The molecule has 1 amide bonds. The number of nitrogens with zero attached hydrogens (tertiary/aromatic N) is 4. The third-order valence-corrected chi connectivity index (χ3v) is 4.76. The van der Waals surface area contributed by atoms with Crippen LogP contribution in [-0.4, -0.2) is 44.8 Å². The topological polar surface area (TPSA) is 51.0 Å². The summed E-state index contributed by atoms with van der Waals surface area (Å²) in [5, 5.41) is 3.94. The predicted molar refractivity (Wildman–Crippen MR) is 67.4 cm³/mol. The van der Waals surface area contributed by atoms with E-state index in [1.54, 1.807) is 7.05 Å². The Kier molecular flexibility index (Phi) is 3.22. The van der Waals surface area contributed by atoms with Crippen LogP contribution in [0.25, 0.3) is 0 Å². The van der Waals surface area contributed by atoms with E-state index in [0.29, 0.717) is 12.8 Å². The smallest absolute Gasteiger partial charge is 0.335 e. The Morgan fingerprint density at radius 1 is 1.43 bits per heavy atom. The van der Waals surface area contributed by atoms with Crippen molar-refractivity contribution in [1.82, 2.24) is 19.7 Å². The van der Waals surface area contributed by atoms with Crippen molar-refractivity contribution in [1.29, 1.82) is 0 Å². The molecule has 0 unspecified atom stereocenters. The first-order chi connectivity index (χ1) is 9.82. The zero-order chi connectivity index (χ0) is 15.3. The monoisotopic (exact) mass is 302 g/mol. The molecule has 1 aromatic heterocycles. The first kappa shape index (κ1) is 14.3. The van der Waals surface area contributed by atoms with Crippen molar-refractivity contribution in [3.05, 3.63) is 12.2 Å². The number of aryl methyl sites for hydroxylation is 1. The Hall–Kier alpha value is -1.60. The Bertz CT molecular complexity index is 550. The molecule has 1 aliphatic heterocycles. The molecule has 116 valence electrons. The third-order valence-electron chi connectivity index (χ3n) is 4.76. The van der Waals surface area contributed by atoms with E-state index < -0.39 is 17.5 Å². The quantitative estimate of drug-likeness (QED) is 0.797. The molecule has 0 bridgehead atoms. The fourth-order valence-corrected chi connectivity index (χ4v) is 3.56. The van der Waals surface area contributed by atoms with Gasteiger partial charge in [-0.25, -0.2) is 4.98 Å². The van der Waals surface area contributed by atoms with E-state index in [4.69, 9.17) is 0 Å². The lowest BCUT2D eigenvalue weighted by atomic mass is 9.58. The van der Waals surface area contributed by atoms with E-state index in [9.17, 15) is 18.0 Å². The Morgan fingerprint density at radius 3 is 2.62 bits per heavy atom. The highest BCUT2D eigenvalue weighted by Gasteiger charge is 2.58. The van der Waals surface area contributed by atoms with Crippen LogP contribution < -0.4 is 0 Å². The van der Waals surface area contributed by atoms with Crippen LogP contribution in [0.15, 0.2) is 6.33 Å². The van der Waals surface area contributed by atoms with Crippen molar-refractivity contribution in [3.63, 3.8) is 0 Å². The molecule has 0 radical (unpaired) electrons. The van der Waals surface area contributed by atoms with Crippen molar-refractivity contribution in [2.45, 2.75) is 31.9 Å². The van der Waals surface area contributed by atoms with Gasteiger partial charge in [-0.15, -0.1) is 5.10 Å². The van der Waals surface area contributed by atoms with Gasteiger partial charge >= 0.3 is 6.18 Å². The Labute approximate surface area is 120 Å². The van der Waals surface area contributed by atoms with Crippen LogP contribution in [0, 0.1) is 11.3 Å². The molecule has 0 aromatic carbocycles. The maximum Gasteiger partial charge on any atom is 0.392 e. The molecular formula is C13H17F3N4O. The van der Waals surface area contributed by atoms with Gasteiger partial charge in [-0.3, -0.25) is 9.48 Å². The second-order valence-corrected chi connectivity index (χ2v) is 6.07. The average molecular weight is 302 g/mol. The maximum atomic E-state index is 13.2. The number of hydrogen-bond acceptors (Lipinski definition) is 3. The number of alkyl halides is 3. The lowest BCUT2D eigenvalue weighted by Crippen LogP contribution is -2.57. The molecule has 1 aliphatic carbocycles. The number of amides is 1. The van der Waals surface area contributed by atoms with Gasteiger partial charge in [-0.1, -0.05) is 6.42 Å². The lowest BCUT2D eigenvalue weighted by molar-refractivity contribution is -0.235. The normalized spacial score (nSPS) is 25.0. The number of rotatable bonds is 1. The van der Waals surface area contributed by atoms with Crippen LogP contribution in [0.4, 0.5) is 13.2 Å². The molecule has 1 spiro atoms. The number of likely N-dealkylation sites (tertiary alicyclic amines) is 1. The summed E-state index contributed by atoms with van der Waals surface area (Å²) in [7, 11) is 1.65. The molecule has 1 saturated carbocycles. The Balaban J connectivity index is 1.78. The van der Waals surface area contributed by atoms with Crippen LogP contribution >= 0.6 is 0 Å². The fourth-order valence-electron chi connectivity index (χ4n) is 3.56. The van der Waals surface area contributed by atoms with Crippen molar-refractivity contribution in [3.8, 4) is 0 Å². The van der Waals surface area contributed by atoms with Crippen LogP contribution in [0.2, 0.25) is 0 Å². The Morgan fingerprint density at radius 2 is 2.14 bits per heavy atom. The minimum atomic E-state index is -4.18. The number of hydrogen-bond donors (Lipinski definition) is 0. The minimum Gasteiger partial charge on any atom is -0.335 e. The van der Waals surface area contributed by atoms with Gasteiger partial charge in [0, 0.05) is 20.1 Å². The first-order valence-corrected chi connectivity index (χ1v) is 7.03. The SMILES string of the molecule is Cn1cnc(C(=O)N2CC[C@@H](C(F)(F)F)C3(CCC3)C2)n1. The van der Waals surface area contributed by atoms with E-state index in [2.05, 4.69) is 10.1 Å². The summed E-state index contributed by atoms with van der Waals surface area (Å²) in [6, 6.07) is 0. The van der Waals surface area contributed by atoms with Gasteiger partial charge in [-0.05, 0) is 24.7 Å². The van der Waals surface area contributed by atoms with E-state index in [1.807, 2.05) is 0 Å². The molecule has 2 fully saturated rings. The molecule has 1 atom stereocenters. The third kappa shape index (κ3) is 2.40. The van der Waals surface area contributed by atoms with Gasteiger partial charge in [-0.2, -0.15) is 13.2 Å². The van der Waals surface area contributed by atoms with Crippen molar-refractivity contribution < 1.29 is 18.0 Å². The second kappa shape index (κ2) is 4.71. The summed E-state index contributed by atoms with van der Waals surface area (Å²) in [5.74, 6) is -1.61. The lowest BCUT2D eigenvalue weighted by Gasteiger charge is -2.53. The molecule has 2 heterocycles. The number of aromatic nitrogens is 3. The zero-order valence-electron chi connectivity index (χ0n) is 11.7. The largest absolute Gasteiger partial charge is 0.392 e. The van der Waals surface area contributed by atoms with Crippen LogP contribution in [0.5, 0.6) is 0 Å². The molecule has 1 aromatic rings. The molecule has 5 nitrogen and oxygen atoms in total. The summed E-state index contributed by atoms with van der Waals surface area (Å²) >= 11 is 0. The van der Waals surface area contributed by atoms with Gasteiger partial charge in [0.15, 0.2) is 0 Å². The highest BCUT2D eigenvalue weighted by molar-refractivity contribution is 5.90. The molecule has 2 aliphatic rings. The minimum absolute atomic E-state index is 0.0257. The van der Waals surface area contributed by atoms with E-state index >= 15 is 0 Å². The summed E-state index contributed by atoms with van der Waals surface area (Å²) in [4.78, 5) is 17.7. The van der Waals surface area contributed by atoms with Gasteiger partial charge in [0.2, 0.25) is 5.82 Å². The van der Waals surface area contributed by atoms with Crippen molar-refractivity contribution in [2.24, 2.45) is 18.4 Å². The first-order valence-electron chi connectivity index (χ1n) is 7.03. The molecule has 8 heteroatoms. The van der Waals surface area contributed by atoms with Crippen LogP contribution in [0.3, 0.4) is 0 Å². The summed E-state index contributed by atoms with van der Waals surface area (Å²) in [6.45, 7) is 0.275. The molecular weight excluding hydrogens is 285 g/mol. The van der Waals surface area contributed by atoms with Gasteiger partial charge < -0.3 is 4.90 Å². The van der Waals surface area contributed by atoms with E-state index in [-0.39, 0.29) is 31.2 Å². The highest BCUT2D eigenvalue weighted by atomic mass is 19.4. The van der Waals surface area contributed by atoms with Gasteiger partial charge in [0.05, 0.1) is 5.92 Å². The summed E-state index contributed by atoms with van der Waals surface area (Å²) < 4.78 is 41.0. The molecule has 1 saturated heterocycles. The van der Waals surface area contributed by atoms with Gasteiger partial charge in [0.25, 0.3) is 5.91 Å². The number of carbonyl (C=O) groups excluding carboxylic acids is 1. The van der Waals surface area contributed by atoms with Crippen molar-refractivity contribution in [2.75, 3.05) is 13.1 Å². The standard InChI is InChI=1S/C13H17F3N4O/c1-19-8-17-10(18-19)11(21)20-6-3-9(13(14,15)16)12(7-20)4-2-5-12/h8-9H,2-7H2,1H3/t9-/m1/s1. The molecule has 0 N–H and O–H groups in total. The zero-order valence-corrected chi connectivity index (χ0v) is 11.7. The number of piperidine rings is 1. The van der Waals surface area contributed by atoms with Crippen LogP contribution in [-0.2, 0) is 7.05 Å². The highest BCUT2D eigenvalue weighted by Crippen LogP contribution is 2.56. The number of halogens is 3. The second-order valence-electron chi connectivity index (χ2n) is 6.07. The van der Waals surface area contributed by atoms with Gasteiger partial charge in [0.1, 0.15) is 6.33 Å². The molecule has 21 heavy (non-hydrogen) atoms. The maximum absolute atomic E-state index is 13.2. The summed E-state index contributed by atoms with van der Waals surface area (Å²) in [5.41, 5.74) is -0.791. The van der Waals surface area contributed by atoms with Crippen LogP contribution in [0.1, 0.15) is 36.3 Å².